The lowest BCUT2D eigenvalue weighted by Crippen LogP contribution is -2.30. The third-order valence-corrected chi connectivity index (χ3v) is 4.57. The fourth-order valence-corrected chi connectivity index (χ4v) is 3.21. The van der Waals surface area contributed by atoms with Crippen molar-refractivity contribution in [1.82, 2.24) is 20.0 Å². The second-order valence-electron chi connectivity index (χ2n) is 6.25. The number of carbonyl (C=O) groups is 1. The van der Waals surface area contributed by atoms with Crippen molar-refractivity contribution < 1.29 is 4.79 Å². The summed E-state index contributed by atoms with van der Waals surface area (Å²) in [4.78, 5) is 14.7. The maximum atomic E-state index is 12.7. The van der Waals surface area contributed by atoms with E-state index in [0.29, 0.717) is 12.5 Å². The van der Waals surface area contributed by atoms with Gasteiger partial charge in [-0.2, -0.15) is 5.10 Å². The monoisotopic (exact) mass is 312 g/mol. The molecule has 0 radical (unpaired) electrons. The molecular formula is C18H24N4O. The summed E-state index contributed by atoms with van der Waals surface area (Å²) in [6.07, 6.45) is 2.79. The summed E-state index contributed by atoms with van der Waals surface area (Å²) in [6, 6.07) is 10.2. The number of carbonyl (C=O) groups excluding carboxylic acids is 1. The van der Waals surface area contributed by atoms with Gasteiger partial charge in [-0.05, 0) is 38.4 Å². The first-order chi connectivity index (χ1) is 11.2. The van der Waals surface area contributed by atoms with Gasteiger partial charge in [0.25, 0.3) is 5.91 Å². The summed E-state index contributed by atoms with van der Waals surface area (Å²) >= 11 is 0. The molecule has 1 amide bonds. The first kappa shape index (κ1) is 15.7. The van der Waals surface area contributed by atoms with E-state index in [4.69, 9.17) is 0 Å². The smallest absolute Gasteiger partial charge is 0.257 e. The number of nitrogens with zero attached hydrogens (tertiary/aromatic N) is 3. The topological polar surface area (TPSA) is 50.2 Å². The van der Waals surface area contributed by atoms with E-state index in [0.717, 1.165) is 37.3 Å². The summed E-state index contributed by atoms with van der Waals surface area (Å²) in [7, 11) is 1.96. The summed E-state index contributed by atoms with van der Waals surface area (Å²) < 4.78 is 1.91. The number of rotatable bonds is 5. The Hall–Kier alpha value is -2.14. The normalized spacial score (nSPS) is 17.7. The first-order valence-corrected chi connectivity index (χ1v) is 8.19. The zero-order chi connectivity index (χ0) is 16.2. The molecule has 5 nitrogen and oxygen atoms in total. The van der Waals surface area contributed by atoms with Gasteiger partial charge in [-0.3, -0.25) is 9.48 Å². The van der Waals surface area contributed by atoms with Gasteiger partial charge in [-0.1, -0.05) is 30.3 Å². The van der Waals surface area contributed by atoms with Crippen molar-refractivity contribution >= 4 is 5.91 Å². The minimum atomic E-state index is 0.111. The lowest BCUT2D eigenvalue weighted by atomic mass is 10.1. The van der Waals surface area contributed by atoms with Crippen molar-refractivity contribution in [3.63, 3.8) is 0 Å². The van der Waals surface area contributed by atoms with Gasteiger partial charge in [0.15, 0.2) is 0 Å². The number of hydrogen-bond acceptors (Lipinski definition) is 3. The van der Waals surface area contributed by atoms with E-state index in [9.17, 15) is 4.79 Å². The molecule has 0 aliphatic carbocycles. The SMILES string of the molecule is CNCC1CCN(C(=O)c2cnn(Cc3ccccc3)c2C)C1. The first-order valence-electron chi connectivity index (χ1n) is 8.19. The number of nitrogens with one attached hydrogen (secondary N) is 1. The van der Waals surface area contributed by atoms with Crippen LogP contribution in [0.15, 0.2) is 36.5 Å². The highest BCUT2D eigenvalue weighted by atomic mass is 16.2. The molecule has 1 atom stereocenters. The van der Waals surface area contributed by atoms with E-state index < -0.39 is 0 Å². The molecule has 23 heavy (non-hydrogen) atoms. The van der Waals surface area contributed by atoms with Crippen LogP contribution in [0.5, 0.6) is 0 Å². The van der Waals surface area contributed by atoms with Crippen molar-refractivity contribution in [3.05, 3.63) is 53.3 Å². The summed E-state index contributed by atoms with van der Waals surface area (Å²) in [5.41, 5.74) is 2.86. The Morgan fingerprint density at radius 3 is 2.87 bits per heavy atom. The van der Waals surface area contributed by atoms with Gasteiger partial charge < -0.3 is 10.2 Å². The number of benzene rings is 1. The molecule has 1 aliphatic heterocycles. The van der Waals surface area contributed by atoms with E-state index >= 15 is 0 Å². The Kier molecular flexibility index (Phi) is 4.76. The van der Waals surface area contributed by atoms with E-state index in [2.05, 4.69) is 22.5 Å². The molecule has 1 saturated heterocycles. The second kappa shape index (κ2) is 6.96. The van der Waals surface area contributed by atoms with Gasteiger partial charge in [-0.25, -0.2) is 0 Å². The molecule has 122 valence electrons. The van der Waals surface area contributed by atoms with Gasteiger partial charge in [0, 0.05) is 18.8 Å². The highest BCUT2D eigenvalue weighted by Gasteiger charge is 2.28. The lowest BCUT2D eigenvalue weighted by molar-refractivity contribution is 0.0786. The molecule has 2 aromatic rings. The van der Waals surface area contributed by atoms with Crippen molar-refractivity contribution in [2.24, 2.45) is 5.92 Å². The Balaban J connectivity index is 1.70. The number of hydrogen-bond donors (Lipinski definition) is 1. The van der Waals surface area contributed by atoms with Crippen LogP contribution < -0.4 is 5.32 Å². The maximum Gasteiger partial charge on any atom is 0.257 e. The van der Waals surface area contributed by atoms with Crippen LogP contribution in [-0.4, -0.2) is 47.3 Å². The fourth-order valence-electron chi connectivity index (χ4n) is 3.21. The third-order valence-electron chi connectivity index (χ3n) is 4.57. The van der Waals surface area contributed by atoms with Crippen LogP contribution in [-0.2, 0) is 6.54 Å². The van der Waals surface area contributed by atoms with Crippen LogP contribution in [0, 0.1) is 12.8 Å². The Morgan fingerprint density at radius 2 is 2.13 bits per heavy atom. The number of aromatic nitrogens is 2. The second-order valence-corrected chi connectivity index (χ2v) is 6.25. The van der Waals surface area contributed by atoms with Crippen LogP contribution in [0.25, 0.3) is 0 Å². The van der Waals surface area contributed by atoms with Crippen molar-refractivity contribution in [2.45, 2.75) is 19.9 Å². The highest BCUT2D eigenvalue weighted by molar-refractivity contribution is 5.95. The van der Waals surface area contributed by atoms with Gasteiger partial charge >= 0.3 is 0 Å². The number of likely N-dealkylation sites (tertiary alicyclic amines) is 1. The molecule has 5 heteroatoms. The fraction of sp³-hybridized carbons (Fsp3) is 0.444. The molecule has 3 rings (SSSR count). The highest BCUT2D eigenvalue weighted by Crippen LogP contribution is 2.20. The van der Waals surface area contributed by atoms with Gasteiger partial charge in [0.05, 0.1) is 18.3 Å². The molecule has 1 N–H and O–H groups in total. The summed E-state index contributed by atoms with van der Waals surface area (Å²) in [5.74, 6) is 0.670. The quantitative estimate of drug-likeness (QED) is 0.918. The third kappa shape index (κ3) is 3.45. The molecule has 2 heterocycles. The lowest BCUT2D eigenvalue weighted by Gasteiger charge is -2.16. The Morgan fingerprint density at radius 1 is 1.35 bits per heavy atom. The number of amides is 1. The van der Waals surface area contributed by atoms with Crippen LogP contribution in [0.3, 0.4) is 0 Å². The van der Waals surface area contributed by atoms with Crippen LogP contribution in [0.2, 0.25) is 0 Å². The van der Waals surface area contributed by atoms with Gasteiger partial charge in [0.2, 0.25) is 0 Å². The van der Waals surface area contributed by atoms with E-state index in [1.807, 2.05) is 41.8 Å². The van der Waals surface area contributed by atoms with Crippen molar-refractivity contribution in [1.29, 1.82) is 0 Å². The van der Waals surface area contributed by atoms with Crippen LogP contribution in [0.4, 0.5) is 0 Å². The molecule has 1 aromatic carbocycles. The van der Waals surface area contributed by atoms with Gasteiger partial charge in [0.1, 0.15) is 0 Å². The summed E-state index contributed by atoms with van der Waals surface area (Å²) in [5, 5.41) is 7.61. The van der Waals surface area contributed by atoms with Crippen LogP contribution in [0.1, 0.15) is 28.0 Å². The Labute approximate surface area is 137 Å². The Bertz CT molecular complexity index is 665. The average Bonchev–Trinajstić information content (AvgIpc) is 3.16. The minimum Gasteiger partial charge on any atom is -0.338 e. The molecule has 1 unspecified atom stereocenters. The van der Waals surface area contributed by atoms with Crippen molar-refractivity contribution in [2.75, 3.05) is 26.7 Å². The molecule has 1 aromatic heterocycles. The summed E-state index contributed by atoms with van der Waals surface area (Å²) in [6.45, 7) is 5.32. The van der Waals surface area contributed by atoms with Gasteiger partial charge in [-0.15, -0.1) is 0 Å². The zero-order valence-electron chi connectivity index (χ0n) is 13.8. The molecule has 0 spiro atoms. The average molecular weight is 312 g/mol. The molecule has 1 aliphatic rings. The molecule has 0 saturated carbocycles. The van der Waals surface area contributed by atoms with E-state index in [1.54, 1.807) is 6.20 Å². The van der Waals surface area contributed by atoms with E-state index in [-0.39, 0.29) is 5.91 Å². The largest absolute Gasteiger partial charge is 0.338 e. The minimum absolute atomic E-state index is 0.111. The maximum absolute atomic E-state index is 12.7. The predicted octanol–water partition coefficient (Wildman–Crippen LogP) is 1.92. The molecule has 0 bridgehead atoms. The van der Waals surface area contributed by atoms with Crippen molar-refractivity contribution in [3.8, 4) is 0 Å². The molecular weight excluding hydrogens is 288 g/mol. The van der Waals surface area contributed by atoms with E-state index in [1.165, 1.54) is 5.56 Å². The molecule has 1 fully saturated rings. The predicted molar refractivity (Wildman–Crippen MR) is 90.4 cm³/mol. The van der Waals surface area contributed by atoms with Crippen LogP contribution >= 0.6 is 0 Å². The zero-order valence-corrected chi connectivity index (χ0v) is 13.8. The standard InChI is InChI=1S/C18H24N4O/c1-14-17(18(23)21-9-8-16(12-21)10-19-2)11-20-22(14)13-15-6-4-3-5-7-15/h3-7,11,16,19H,8-10,12-13H2,1-2H3.